The zero-order valence-electron chi connectivity index (χ0n) is 14.0. The molecule has 0 bridgehead atoms. The number of unbranched alkanes of at least 4 members (excludes halogenated alkanes) is 9. The molecule has 0 amide bonds. The van der Waals surface area contributed by atoms with E-state index in [-0.39, 0.29) is 6.17 Å². The first kappa shape index (κ1) is 18.4. The Kier molecular flexibility index (Phi) is 11.4. The van der Waals surface area contributed by atoms with Gasteiger partial charge in [0.1, 0.15) is 6.17 Å². The standard InChI is InChI=1S/C18H35N3/c1-2-3-4-5-6-7-8-9-10-11-12-13-18-20-15-17-21(18)16-14-19/h12-13,15,18H,2-11,14,16-17,19H2,1H3/b13-12+. The zero-order chi connectivity index (χ0) is 15.2. The van der Waals surface area contributed by atoms with Crippen LogP contribution in [0.1, 0.15) is 71.1 Å². The summed E-state index contributed by atoms with van der Waals surface area (Å²) in [6.45, 7) is 4.88. The van der Waals surface area contributed by atoms with Crippen molar-refractivity contribution in [2.75, 3.05) is 19.6 Å². The third-order valence-corrected chi connectivity index (χ3v) is 4.15. The van der Waals surface area contributed by atoms with Crippen LogP contribution in [0.3, 0.4) is 0 Å². The maximum atomic E-state index is 5.61. The van der Waals surface area contributed by atoms with Crippen LogP contribution in [0, 0.1) is 0 Å². The molecular formula is C18H35N3. The fraction of sp³-hybridized carbons (Fsp3) is 0.833. The quantitative estimate of drug-likeness (QED) is 0.410. The van der Waals surface area contributed by atoms with E-state index in [1.165, 1.54) is 64.2 Å². The first-order valence-electron chi connectivity index (χ1n) is 9.01. The second-order valence-corrected chi connectivity index (χ2v) is 6.07. The van der Waals surface area contributed by atoms with E-state index < -0.39 is 0 Å². The van der Waals surface area contributed by atoms with E-state index in [0.717, 1.165) is 13.1 Å². The third-order valence-electron chi connectivity index (χ3n) is 4.15. The SMILES string of the molecule is CCCCCCCCCCC/C=C/C1N=CCN1CCN. The predicted molar refractivity (Wildman–Crippen MR) is 93.9 cm³/mol. The topological polar surface area (TPSA) is 41.6 Å². The van der Waals surface area contributed by atoms with Gasteiger partial charge in [0.15, 0.2) is 0 Å². The Hall–Kier alpha value is -0.670. The molecule has 3 heteroatoms. The molecular weight excluding hydrogens is 258 g/mol. The molecule has 1 unspecified atom stereocenters. The lowest BCUT2D eigenvalue weighted by atomic mass is 10.1. The van der Waals surface area contributed by atoms with Crippen LogP contribution < -0.4 is 5.73 Å². The van der Waals surface area contributed by atoms with Crippen molar-refractivity contribution in [2.24, 2.45) is 10.7 Å². The highest BCUT2D eigenvalue weighted by Gasteiger charge is 2.16. The van der Waals surface area contributed by atoms with Gasteiger partial charge in [0.05, 0.1) is 0 Å². The average molecular weight is 293 g/mol. The minimum atomic E-state index is 0.243. The van der Waals surface area contributed by atoms with Gasteiger partial charge in [-0.15, -0.1) is 0 Å². The highest BCUT2D eigenvalue weighted by molar-refractivity contribution is 5.62. The highest BCUT2D eigenvalue weighted by atomic mass is 15.3. The molecule has 0 aliphatic carbocycles. The van der Waals surface area contributed by atoms with Crippen LogP contribution in [-0.2, 0) is 0 Å². The molecule has 0 aromatic heterocycles. The van der Waals surface area contributed by atoms with Crippen molar-refractivity contribution in [1.29, 1.82) is 0 Å². The van der Waals surface area contributed by atoms with E-state index in [9.17, 15) is 0 Å². The van der Waals surface area contributed by atoms with Crippen LogP contribution in [0.4, 0.5) is 0 Å². The largest absolute Gasteiger partial charge is 0.329 e. The Balaban J connectivity index is 1.91. The fourth-order valence-electron chi connectivity index (χ4n) is 2.81. The molecule has 1 heterocycles. The van der Waals surface area contributed by atoms with Crippen molar-refractivity contribution in [3.63, 3.8) is 0 Å². The van der Waals surface area contributed by atoms with Crippen molar-refractivity contribution in [2.45, 2.75) is 77.3 Å². The average Bonchev–Trinajstić information content (AvgIpc) is 2.92. The smallest absolute Gasteiger partial charge is 0.121 e. The van der Waals surface area contributed by atoms with Crippen molar-refractivity contribution < 1.29 is 0 Å². The summed E-state index contributed by atoms with van der Waals surface area (Å²) in [5.74, 6) is 0. The monoisotopic (exact) mass is 293 g/mol. The normalized spacial score (nSPS) is 19.0. The highest BCUT2D eigenvalue weighted by Crippen LogP contribution is 2.12. The van der Waals surface area contributed by atoms with Crippen LogP contribution in [0.2, 0.25) is 0 Å². The summed E-state index contributed by atoms with van der Waals surface area (Å²) < 4.78 is 0. The number of rotatable bonds is 13. The summed E-state index contributed by atoms with van der Waals surface area (Å²) in [4.78, 5) is 6.79. The van der Waals surface area contributed by atoms with Gasteiger partial charge in [-0.3, -0.25) is 9.89 Å². The first-order valence-corrected chi connectivity index (χ1v) is 9.01. The Labute approximate surface area is 131 Å². The predicted octanol–water partition coefficient (Wildman–Crippen LogP) is 4.13. The maximum Gasteiger partial charge on any atom is 0.121 e. The lowest BCUT2D eigenvalue weighted by molar-refractivity contribution is 0.297. The molecule has 122 valence electrons. The van der Waals surface area contributed by atoms with E-state index in [2.05, 4.69) is 29.0 Å². The van der Waals surface area contributed by atoms with Gasteiger partial charge in [0.2, 0.25) is 0 Å². The van der Waals surface area contributed by atoms with Gasteiger partial charge in [-0.1, -0.05) is 64.4 Å². The zero-order valence-corrected chi connectivity index (χ0v) is 14.0. The summed E-state index contributed by atoms with van der Waals surface area (Å²) in [5.41, 5.74) is 5.61. The van der Waals surface area contributed by atoms with E-state index in [1.807, 2.05) is 6.21 Å². The molecule has 3 nitrogen and oxygen atoms in total. The van der Waals surface area contributed by atoms with E-state index >= 15 is 0 Å². The molecule has 0 saturated heterocycles. The molecule has 21 heavy (non-hydrogen) atoms. The summed E-state index contributed by atoms with van der Waals surface area (Å²) >= 11 is 0. The fourth-order valence-corrected chi connectivity index (χ4v) is 2.81. The molecule has 1 atom stereocenters. The molecule has 0 saturated carbocycles. The maximum absolute atomic E-state index is 5.61. The number of hydrogen-bond donors (Lipinski definition) is 1. The van der Waals surface area contributed by atoms with Crippen molar-refractivity contribution in [1.82, 2.24) is 4.90 Å². The van der Waals surface area contributed by atoms with Gasteiger partial charge in [0.25, 0.3) is 0 Å². The molecule has 1 rings (SSSR count). The second-order valence-electron chi connectivity index (χ2n) is 6.07. The molecule has 0 fully saturated rings. The van der Waals surface area contributed by atoms with Gasteiger partial charge in [0, 0.05) is 25.8 Å². The number of allylic oxidation sites excluding steroid dienone is 1. The molecule has 0 radical (unpaired) electrons. The van der Waals surface area contributed by atoms with Crippen molar-refractivity contribution >= 4 is 6.21 Å². The van der Waals surface area contributed by atoms with Gasteiger partial charge in [-0.2, -0.15) is 0 Å². The number of hydrogen-bond acceptors (Lipinski definition) is 3. The van der Waals surface area contributed by atoms with Crippen LogP contribution in [-0.4, -0.2) is 36.9 Å². The lowest BCUT2D eigenvalue weighted by Gasteiger charge is -2.18. The first-order chi connectivity index (χ1) is 10.4. The van der Waals surface area contributed by atoms with Gasteiger partial charge in [-0.25, -0.2) is 0 Å². The van der Waals surface area contributed by atoms with E-state index in [4.69, 9.17) is 5.73 Å². The van der Waals surface area contributed by atoms with Crippen molar-refractivity contribution in [3.05, 3.63) is 12.2 Å². The number of nitrogens with two attached hydrogens (primary N) is 1. The minimum absolute atomic E-state index is 0.243. The molecule has 0 spiro atoms. The van der Waals surface area contributed by atoms with Gasteiger partial charge in [-0.05, 0) is 18.9 Å². The molecule has 0 aromatic rings. The summed E-state index contributed by atoms with van der Waals surface area (Å²) in [6, 6.07) is 0. The Bertz CT molecular complexity index is 286. The Morgan fingerprint density at radius 2 is 1.76 bits per heavy atom. The summed E-state index contributed by atoms with van der Waals surface area (Å²) in [5, 5.41) is 0. The van der Waals surface area contributed by atoms with E-state index in [1.54, 1.807) is 0 Å². The minimum Gasteiger partial charge on any atom is -0.329 e. The van der Waals surface area contributed by atoms with Crippen LogP contribution >= 0.6 is 0 Å². The Morgan fingerprint density at radius 1 is 1.10 bits per heavy atom. The third kappa shape index (κ3) is 9.05. The van der Waals surface area contributed by atoms with Crippen LogP contribution in [0.15, 0.2) is 17.1 Å². The van der Waals surface area contributed by atoms with Crippen LogP contribution in [0.5, 0.6) is 0 Å². The molecule has 2 N–H and O–H groups in total. The summed E-state index contributed by atoms with van der Waals surface area (Å²) in [6.07, 6.45) is 20.6. The van der Waals surface area contributed by atoms with Crippen molar-refractivity contribution in [3.8, 4) is 0 Å². The molecule has 1 aliphatic heterocycles. The Morgan fingerprint density at radius 3 is 2.43 bits per heavy atom. The lowest BCUT2D eigenvalue weighted by Crippen LogP contribution is -2.33. The molecule has 1 aliphatic rings. The summed E-state index contributed by atoms with van der Waals surface area (Å²) in [7, 11) is 0. The number of nitrogens with zero attached hydrogens (tertiary/aromatic N) is 2. The van der Waals surface area contributed by atoms with Gasteiger partial charge < -0.3 is 5.73 Å². The number of aliphatic imine (C=N–C) groups is 1. The van der Waals surface area contributed by atoms with Gasteiger partial charge >= 0.3 is 0 Å². The van der Waals surface area contributed by atoms with E-state index in [0.29, 0.717) is 6.54 Å². The second kappa shape index (κ2) is 13.0. The van der Waals surface area contributed by atoms with Crippen LogP contribution in [0.25, 0.3) is 0 Å². The molecule has 0 aromatic carbocycles.